The second-order valence-corrected chi connectivity index (χ2v) is 6.11. The maximum Gasteiger partial charge on any atom is 0.335 e. The first kappa shape index (κ1) is 17.5. The highest BCUT2D eigenvalue weighted by atomic mass is 32.2. The second kappa shape index (κ2) is 6.92. The minimum Gasteiger partial charge on any atom is -0.478 e. The summed E-state index contributed by atoms with van der Waals surface area (Å²) in [6.07, 6.45) is 0. The Hall–Kier alpha value is -1.58. The molecule has 1 aromatic carbocycles. The molecule has 1 aromatic rings. The molecule has 21 heavy (non-hydrogen) atoms. The second-order valence-electron chi connectivity index (χ2n) is 4.10. The highest BCUT2D eigenvalue weighted by Gasteiger charge is 2.28. The van der Waals surface area contributed by atoms with Gasteiger partial charge in [-0.3, -0.25) is 0 Å². The van der Waals surface area contributed by atoms with Crippen molar-refractivity contribution < 1.29 is 31.8 Å². The van der Waals surface area contributed by atoms with Crippen LogP contribution in [0.15, 0.2) is 17.0 Å². The Morgan fingerprint density at radius 2 is 2.00 bits per heavy atom. The number of ether oxygens (including phenoxy) is 1. The smallest absolute Gasteiger partial charge is 0.335 e. The molecule has 0 heterocycles. The summed E-state index contributed by atoms with van der Waals surface area (Å²) in [5.41, 5.74) is -0.648. The molecule has 0 radical (unpaired) electrons. The van der Waals surface area contributed by atoms with Gasteiger partial charge in [-0.1, -0.05) is 0 Å². The number of carboxylic acid groups (broad SMARTS) is 1. The van der Waals surface area contributed by atoms with Crippen molar-refractivity contribution in [2.75, 3.05) is 26.8 Å². The van der Waals surface area contributed by atoms with Crippen molar-refractivity contribution in [3.8, 4) is 0 Å². The molecular formula is C12H15F2NO5S. The van der Waals surface area contributed by atoms with E-state index in [4.69, 9.17) is 9.84 Å². The Balaban J connectivity index is 3.21. The highest BCUT2D eigenvalue weighted by molar-refractivity contribution is 7.89. The van der Waals surface area contributed by atoms with Crippen molar-refractivity contribution in [2.24, 2.45) is 0 Å². The van der Waals surface area contributed by atoms with Crippen LogP contribution in [-0.2, 0) is 14.8 Å². The van der Waals surface area contributed by atoms with Crippen LogP contribution in [0.5, 0.6) is 0 Å². The molecule has 9 heteroatoms. The molecule has 0 aromatic heterocycles. The summed E-state index contributed by atoms with van der Waals surface area (Å²) in [7, 11) is -3.19. The SMILES string of the molecule is CCOCCN(C)S(=O)(=O)c1cc(C(=O)O)cc(F)c1F. The predicted octanol–water partition coefficient (Wildman–Crippen LogP) is 1.32. The molecule has 6 nitrogen and oxygen atoms in total. The van der Waals surface area contributed by atoms with Gasteiger partial charge >= 0.3 is 5.97 Å². The third-order valence-electron chi connectivity index (χ3n) is 2.68. The number of sulfonamides is 1. The zero-order valence-corrected chi connectivity index (χ0v) is 12.3. The van der Waals surface area contributed by atoms with Gasteiger partial charge in [0.2, 0.25) is 10.0 Å². The van der Waals surface area contributed by atoms with Crippen LogP contribution in [0.25, 0.3) is 0 Å². The number of rotatable bonds is 7. The standard InChI is InChI=1S/C12H15F2NO5S/c1-3-20-5-4-15(2)21(18,19)10-7-8(12(16)17)6-9(13)11(10)14/h6-7H,3-5H2,1-2H3,(H,16,17). The molecule has 0 fully saturated rings. The normalized spacial score (nSPS) is 11.9. The molecular weight excluding hydrogens is 308 g/mol. The molecule has 0 saturated carbocycles. The lowest BCUT2D eigenvalue weighted by molar-refractivity contribution is 0.0696. The molecule has 118 valence electrons. The zero-order valence-electron chi connectivity index (χ0n) is 11.5. The van der Waals surface area contributed by atoms with Gasteiger partial charge in [-0.15, -0.1) is 0 Å². The zero-order chi connectivity index (χ0) is 16.2. The average molecular weight is 323 g/mol. The van der Waals surface area contributed by atoms with Gasteiger partial charge in [-0.25, -0.2) is 22.0 Å². The monoisotopic (exact) mass is 323 g/mol. The summed E-state index contributed by atoms with van der Waals surface area (Å²) in [4.78, 5) is 9.79. The van der Waals surface area contributed by atoms with Crippen LogP contribution in [0.3, 0.4) is 0 Å². The number of aromatic carboxylic acids is 1. The molecule has 0 aliphatic carbocycles. The van der Waals surface area contributed by atoms with Gasteiger partial charge in [-0.2, -0.15) is 4.31 Å². The summed E-state index contributed by atoms with van der Waals surface area (Å²) in [6, 6.07) is 1.02. The Labute approximate surface area is 121 Å². The first-order valence-corrected chi connectivity index (χ1v) is 7.42. The van der Waals surface area contributed by atoms with Crippen molar-refractivity contribution >= 4 is 16.0 Å². The first-order valence-electron chi connectivity index (χ1n) is 5.98. The Bertz CT molecular complexity index is 633. The molecule has 0 aliphatic heterocycles. The first-order chi connectivity index (χ1) is 9.71. The fraction of sp³-hybridized carbons (Fsp3) is 0.417. The van der Waals surface area contributed by atoms with Crippen LogP contribution in [0.4, 0.5) is 8.78 Å². The third-order valence-corrected chi connectivity index (χ3v) is 4.54. The molecule has 0 atom stereocenters. The van der Waals surface area contributed by atoms with E-state index in [1.165, 1.54) is 7.05 Å². The summed E-state index contributed by atoms with van der Waals surface area (Å²) in [6.45, 7) is 2.11. The van der Waals surface area contributed by atoms with Gasteiger partial charge in [-0.05, 0) is 19.1 Å². The van der Waals surface area contributed by atoms with Gasteiger partial charge in [0.05, 0.1) is 12.2 Å². The Morgan fingerprint density at radius 3 is 2.52 bits per heavy atom. The number of carbonyl (C=O) groups is 1. The van der Waals surface area contributed by atoms with Crippen molar-refractivity contribution in [2.45, 2.75) is 11.8 Å². The van der Waals surface area contributed by atoms with Crippen LogP contribution in [0.2, 0.25) is 0 Å². The van der Waals surface area contributed by atoms with Crippen LogP contribution < -0.4 is 0 Å². The van der Waals surface area contributed by atoms with E-state index in [1.807, 2.05) is 0 Å². The van der Waals surface area contributed by atoms with Crippen LogP contribution in [0, 0.1) is 11.6 Å². The fourth-order valence-corrected chi connectivity index (χ4v) is 2.75. The molecule has 1 N–H and O–H groups in total. The number of carboxylic acids is 1. The van der Waals surface area contributed by atoms with Gasteiger partial charge in [0, 0.05) is 20.2 Å². The van der Waals surface area contributed by atoms with Crippen molar-refractivity contribution in [3.05, 3.63) is 29.3 Å². The maximum absolute atomic E-state index is 13.7. The van der Waals surface area contributed by atoms with E-state index < -0.39 is 38.1 Å². The van der Waals surface area contributed by atoms with Crippen LogP contribution in [-0.4, -0.2) is 50.6 Å². The summed E-state index contributed by atoms with van der Waals surface area (Å²) in [5, 5.41) is 8.78. The van der Waals surface area contributed by atoms with E-state index in [1.54, 1.807) is 6.92 Å². The quantitative estimate of drug-likeness (QED) is 0.765. The van der Waals surface area contributed by atoms with Crippen molar-refractivity contribution in [1.82, 2.24) is 4.31 Å². The number of likely N-dealkylation sites (N-methyl/N-ethyl adjacent to an activating group) is 1. The lowest BCUT2D eigenvalue weighted by atomic mass is 10.2. The van der Waals surface area contributed by atoms with Gasteiger partial charge < -0.3 is 9.84 Å². The average Bonchev–Trinajstić information content (AvgIpc) is 2.41. The molecule has 0 bridgehead atoms. The lowest BCUT2D eigenvalue weighted by Gasteiger charge is -2.17. The summed E-state index contributed by atoms with van der Waals surface area (Å²) < 4.78 is 57.1. The molecule has 0 spiro atoms. The van der Waals surface area contributed by atoms with Crippen LogP contribution in [0.1, 0.15) is 17.3 Å². The minimum atomic E-state index is -4.35. The Kier molecular flexibility index (Phi) is 5.76. The summed E-state index contributed by atoms with van der Waals surface area (Å²) >= 11 is 0. The number of benzene rings is 1. The lowest BCUT2D eigenvalue weighted by Crippen LogP contribution is -2.31. The van der Waals surface area contributed by atoms with E-state index in [9.17, 15) is 22.0 Å². The maximum atomic E-state index is 13.7. The largest absolute Gasteiger partial charge is 0.478 e. The van der Waals surface area contributed by atoms with Crippen molar-refractivity contribution in [3.63, 3.8) is 0 Å². The van der Waals surface area contributed by atoms with E-state index in [-0.39, 0.29) is 13.2 Å². The molecule has 0 unspecified atom stereocenters. The van der Waals surface area contributed by atoms with Crippen molar-refractivity contribution in [1.29, 1.82) is 0 Å². The third kappa shape index (κ3) is 3.96. The van der Waals surface area contributed by atoms with Crippen LogP contribution >= 0.6 is 0 Å². The van der Waals surface area contributed by atoms with Gasteiger partial charge in [0.1, 0.15) is 4.90 Å². The molecule has 0 amide bonds. The number of hydrogen-bond acceptors (Lipinski definition) is 4. The summed E-state index contributed by atoms with van der Waals surface area (Å²) in [5.74, 6) is -4.70. The fourth-order valence-electron chi connectivity index (χ4n) is 1.50. The van der Waals surface area contributed by atoms with Gasteiger partial charge in [0.15, 0.2) is 11.6 Å². The number of hydrogen-bond donors (Lipinski definition) is 1. The van der Waals surface area contributed by atoms with E-state index in [0.717, 1.165) is 4.31 Å². The predicted molar refractivity (Wildman–Crippen MR) is 69.6 cm³/mol. The van der Waals surface area contributed by atoms with E-state index in [2.05, 4.69) is 0 Å². The van der Waals surface area contributed by atoms with E-state index in [0.29, 0.717) is 18.7 Å². The van der Waals surface area contributed by atoms with E-state index >= 15 is 0 Å². The number of nitrogens with zero attached hydrogens (tertiary/aromatic N) is 1. The Morgan fingerprint density at radius 1 is 1.38 bits per heavy atom. The highest BCUT2D eigenvalue weighted by Crippen LogP contribution is 2.22. The number of halogens is 2. The topological polar surface area (TPSA) is 83.9 Å². The molecule has 0 aliphatic rings. The molecule has 0 saturated heterocycles. The molecule has 1 rings (SSSR count). The van der Waals surface area contributed by atoms with Gasteiger partial charge in [0.25, 0.3) is 0 Å². The minimum absolute atomic E-state index is 0.0749.